The second-order valence-corrected chi connectivity index (χ2v) is 5.68. The Labute approximate surface area is 117 Å². The number of aliphatic hydroxyl groups is 4. The lowest BCUT2D eigenvalue weighted by Gasteiger charge is -2.39. The van der Waals surface area contributed by atoms with E-state index in [2.05, 4.69) is 5.43 Å². The van der Waals surface area contributed by atoms with Gasteiger partial charge in [0.15, 0.2) is 0 Å². The summed E-state index contributed by atoms with van der Waals surface area (Å²) in [6, 6.07) is 9.79. The minimum atomic E-state index is -1.26. The van der Waals surface area contributed by atoms with E-state index in [-0.39, 0.29) is 6.61 Å². The molecule has 1 saturated carbocycles. The van der Waals surface area contributed by atoms with E-state index in [1.807, 2.05) is 35.3 Å². The van der Waals surface area contributed by atoms with Crippen molar-refractivity contribution in [1.82, 2.24) is 10.4 Å². The van der Waals surface area contributed by atoms with Crippen molar-refractivity contribution >= 4 is 0 Å². The summed E-state index contributed by atoms with van der Waals surface area (Å²) < 4.78 is 0. The van der Waals surface area contributed by atoms with Crippen molar-refractivity contribution in [3.63, 3.8) is 0 Å². The topological polar surface area (TPSA) is 106 Å². The normalized spacial score (nSPS) is 43.7. The van der Waals surface area contributed by atoms with Gasteiger partial charge in [-0.25, -0.2) is 10.4 Å². The molecule has 2 fully saturated rings. The van der Waals surface area contributed by atoms with Crippen molar-refractivity contribution in [2.45, 2.75) is 36.9 Å². The van der Waals surface area contributed by atoms with Crippen LogP contribution >= 0.6 is 0 Å². The fraction of sp³-hybridized carbons (Fsp3) is 0.571. The Morgan fingerprint density at radius 3 is 2.50 bits per heavy atom. The van der Waals surface area contributed by atoms with Crippen molar-refractivity contribution < 1.29 is 20.4 Å². The average Bonchev–Trinajstić information content (AvgIpc) is 3.15. The molecule has 0 radical (unpaired) electrons. The lowest BCUT2D eigenvalue weighted by atomic mass is 9.77. The molecule has 1 heterocycles. The summed E-state index contributed by atoms with van der Waals surface area (Å²) in [5.74, 6) is -0.443. The molecule has 6 nitrogen and oxygen atoms in total. The van der Waals surface area contributed by atoms with Crippen molar-refractivity contribution in [1.29, 1.82) is 0 Å². The van der Waals surface area contributed by atoms with E-state index in [1.165, 1.54) is 0 Å². The second kappa shape index (κ2) is 5.07. The van der Waals surface area contributed by atoms with Gasteiger partial charge in [0.1, 0.15) is 17.9 Å². The number of aliphatic hydroxyl groups excluding tert-OH is 4. The molecule has 1 aliphatic carbocycles. The number of nitrogens with one attached hydrogen (secondary N) is 1. The lowest BCUT2D eigenvalue weighted by molar-refractivity contribution is -0.141. The van der Waals surface area contributed by atoms with Crippen LogP contribution < -0.4 is 5.43 Å². The Kier molecular flexibility index (Phi) is 3.53. The SMILES string of the molecule is OC[C@H]1CC2(NN2Cc2ccccc2)[C@H](O)[C@@H](O)[C@@H]1O. The maximum atomic E-state index is 10.2. The molecule has 1 aliphatic heterocycles. The van der Waals surface area contributed by atoms with Crippen molar-refractivity contribution in [3.05, 3.63) is 35.9 Å². The average molecular weight is 280 g/mol. The summed E-state index contributed by atoms with van der Waals surface area (Å²) in [6.07, 6.45) is -3.03. The summed E-state index contributed by atoms with van der Waals surface area (Å²) in [5.41, 5.74) is 3.44. The molecule has 110 valence electrons. The molecule has 0 bridgehead atoms. The second-order valence-electron chi connectivity index (χ2n) is 5.68. The Hall–Kier alpha value is -1.02. The molecule has 1 aromatic rings. The number of hydrazine groups is 1. The van der Waals surface area contributed by atoms with Crippen LogP contribution in [0.2, 0.25) is 0 Å². The van der Waals surface area contributed by atoms with E-state index >= 15 is 0 Å². The van der Waals surface area contributed by atoms with Crippen LogP contribution in [-0.4, -0.2) is 56.0 Å². The molecule has 2 unspecified atom stereocenters. The van der Waals surface area contributed by atoms with Crippen LogP contribution in [0.4, 0.5) is 0 Å². The highest BCUT2D eigenvalue weighted by molar-refractivity contribution is 5.19. The van der Waals surface area contributed by atoms with Gasteiger partial charge in [-0.15, -0.1) is 0 Å². The van der Waals surface area contributed by atoms with E-state index in [0.29, 0.717) is 13.0 Å². The lowest BCUT2D eigenvalue weighted by Crippen LogP contribution is -2.58. The Morgan fingerprint density at radius 1 is 1.15 bits per heavy atom. The molecule has 1 saturated heterocycles. The molecule has 3 rings (SSSR count). The van der Waals surface area contributed by atoms with Gasteiger partial charge in [-0.05, 0) is 12.0 Å². The van der Waals surface area contributed by atoms with E-state index in [0.717, 1.165) is 5.56 Å². The maximum Gasteiger partial charge on any atom is 0.127 e. The van der Waals surface area contributed by atoms with Gasteiger partial charge in [-0.3, -0.25) is 0 Å². The zero-order valence-corrected chi connectivity index (χ0v) is 11.1. The summed E-state index contributed by atoms with van der Waals surface area (Å²) in [7, 11) is 0. The molecule has 0 aromatic heterocycles. The fourth-order valence-electron chi connectivity index (χ4n) is 3.10. The molecular weight excluding hydrogens is 260 g/mol. The zero-order chi connectivity index (χ0) is 14.3. The predicted molar refractivity (Wildman–Crippen MR) is 71.1 cm³/mol. The Bertz CT molecular complexity index is 470. The van der Waals surface area contributed by atoms with E-state index in [4.69, 9.17) is 0 Å². The van der Waals surface area contributed by atoms with Crippen LogP contribution in [0.5, 0.6) is 0 Å². The molecule has 2 aliphatic rings. The first kappa shape index (κ1) is 13.9. The first-order chi connectivity index (χ1) is 9.58. The Balaban J connectivity index is 1.73. The smallest absolute Gasteiger partial charge is 0.127 e. The van der Waals surface area contributed by atoms with Gasteiger partial charge in [0.25, 0.3) is 0 Å². The molecule has 20 heavy (non-hydrogen) atoms. The van der Waals surface area contributed by atoms with Gasteiger partial charge in [0.05, 0.1) is 6.10 Å². The third-order valence-electron chi connectivity index (χ3n) is 4.40. The monoisotopic (exact) mass is 280 g/mol. The van der Waals surface area contributed by atoms with Gasteiger partial charge in [-0.1, -0.05) is 30.3 Å². The molecule has 6 atom stereocenters. The van der Waals surface area contributed by atoms with Crippen LogP contribution in [0.25, 0.3) is 0 Å². The number of benzene rings is 1. The third-order valence-corrected chi connectivity index (χ3v) is 4.40. The quantitative estimate of drug-likeness (QED) is 0.445. The van der Waals surface area contributed by atoms with Crippen LogP contribution in [0.1, 0.15) is 12.0 Å². The zero-order valence-electron chi connectivity index (χ0n) is 11.1. The minimum Gasteiger partial charge on any atom is -0.396 e. The maximum absolute atomic E-state index is 10.2. The van der Waals surface area contributed by atoms with Crippen LogP contribution in [-0.2, 0) is 6.54 Å². The summed E-state index contributed by atoms with van der Waals surface area (Å²) in [6.45, 7) is 0.381. The van der Waals surface area contributed by atoms with Crippen LogP contribution in [0.15, 0.2) is 30.3 Å². The van der Waals surface area contributed by atoms with Gasteiger partial charge in [0.2, 0.25) is 0 Å². The highest BCUT2D eigenvalue weighted by Gasteiger charge is 2.64. The fourth-order valence-corrected chi connectivity index (χ4v) is 3.10. The summed E-state index contributed by atoms with van der Waals surface area (Å²) >= 11 is 0. The van der Waals surface area contributed by atoms with Gasteiger partial charge in [0, 0.05) is 19.1 Å². The van der Waals surface area contributed by atoms with Crippen molar-refractivity contribution in [3.8, 4) is 0 Å². The largest absolute Gasteiger partial charge is 0.396 e. The number of nitrogens with zero attached hydrogens (tertiary/aromatic N) is 1. The van der Waals surface area contributed by atoms with Gasteiger partial charge >= 0.3 is 0 Å². The molecular formula is C14H20N2O4. The van der Waals surface area contributed by atoms with E-state index in [9.17, 15) is 20.4 Å². The predicted octanol–water partition coefficient (Wildman–Crippen LogP) is -1.20. The van der Waals surface area contributed by atoms with Crippen molar-refractivity contribution in [2.75, 3.05) is 6.61 Å². The van der Waals surface area contributed by atoms with Crippen LogP contribution in [0.3, 0.4) is 0 Å². The number of hydrogen-bond acceptors (Lipinski definition) is 6. The minimum absolute atomic E-state index is 0.215. The molecule has 1 spiro atoms. The first-order valence-electron chi connectivity index (χ1n) is 6.83. The van der Waals surface area contributed by atoms with Gasteiger partial charge in [-0.2, -0.15) is 0 Å². The highest BCUT2D eigenvalue weighted by atomic mass is 16.4. The molecule has 1 aromatic carbocycles. The highest BCUT2D eigenvalue weighted by Crippen LogP contribution is 2.43. The molecule has 0 amide bonds. The van der Waals surface area contributed by atoms with E-state index in [1.54, 1.807) is 0 Å². The van der Waals surface area contributed by atoms with Gasteiger partial charge < -0.3 is 20.4 Å². The Morgan fingerprint density at radius 2 is 1.85 bits per heavy atom. The van der Waals surface area contributed by atoms with Crippen LogP contribution in [0, 0.1) is 5.92 Å². The summed E-state index contributed by atoms with van der Waals surface area (Å²) in [4.78, 5) is 0. The third kappa shape index (κ3) is 2.14. The number of rotatable bonds is 3. The summed E-state index contributed by atoms with van der Waals surface area (Å²) in [5, 5.41) is 41.1. The van der Waals surface area contributed by atoms with E-state index < -0.39 is 29.9 Å². The molecule has 6 heteroatoms. The number of hydrogen-bond donors (Lipinski definition) is 5. The first-order valence-corrected chi connectivity index (χ1v) is 6.83. The van der Waals surface area contributed by atoms with Crippen molar-refractivity contribution in [2.24, 2.45) is 5.92 Å². The standard InChI is InChI=1S/C14H20N2O4/c17-8-10-6-14(13(20)12(19)11(10)18)15-16(14)7-9-4-2-1-3-5-9/h1-5,10-13,15,17-20H,6-8H2/t10-,11-,12+,13-,14?,16?/m1/s1. The molecule has 5 N–H and O–H groups in total.